The van der Waals surface area contributed by atoms with Crippen molar-refractivity contribution < 1.29 is 33.4 Å². The maximum Gasteiger partial charge on any atom is 0.304 e. The van der Waals surface area contributed by atoms with Gasteiger partial charge in [0.05, 0.1) is 0 Å². The quantitative estimate of drug-likeness (QED) is 0.392. The summed E-state index contributed by atoms with van der Waals surface area (Å²) >= 11 is 0. The fourth-order valence-electron chi connectivity index (χ4n) is 2.00. The molecular weight excluding hydrogens is 282 g/mol. The molecule has 1 unspecified atom stereocenters. The summed E-state index contributed by atoms with van der Waals surface area (Å²) in [6.07, 6.45) is -2.32. The third-order valence-corrected chi connectivity index (χ3v) is 2.62. The minimum atomic E-state index is -1.35. The van der Waals surface area contributed by atoms with Crippen LogP contribution in [-0.2, 0) is 33.4 Å². The van der Waals surface area contributed by atoms with E-state index in [0.29, 0.717) is 0 Å². The summed E-state index contributed by atoms with van der Waals surface area (Å²) in [4.78, 5) is 46.8. The lowest BCUT2D eigenvalue weighted by Crippen LogP contribution is -2.42. The molecule has 1 fully saturated rings. The third-order valence-electron chi connectivity index (χ3n) is 2.62. The summed E-state index contributed by atoms with van der Waals surface area (Å²) in [7, 11) is 0. The summed E-state index contributed by atoms with van der Waals surface area (Å²) in [6, 6.07) is 0. The van der Waals surface area contributed by atoms with Crippen LogP contribution >= 0.6 is 0 Å². The van der Waals surface area contributed by atoms with Crippen molar-refractivity contribution in [1.82, 2.24) is 4.90 Å². The maximum atomic E-state index is 12.2. The van der Waals surface area contributed by atoms with Crippen molar-refractivity contribution in [1.29, 1.82) is 0 Å². The van der Waals surface area contributed by atoms with Gasteiger partial charge < -0.3 is 14.2 Å². The predicted molar refractivity (Wildman–Crippen MR) is 68.6 cm³/mol. The van der Waals surface area contributed by atoms with E-state index in [1.807, 2.05) is 0 Å². The number of carbonyl (C=O) groups is 4. The van der Waals surface area contributed by atoms with Crippen molar-refractivity contribution in [3.63, 3.8) is 0 Å². The van der Waals surface area contributed by atoms with E-state index in [2.05, 4.69) is 6.58 Å². The highest BCUT2D eigenvalue weighted by molar-refractivity contribution is 5.87. The van der Waals surface area contributed by atoms with Crippen LogP contribution in [0.2, 0.25) is 0 Å². The molecule has 3 atom stereocenters. The molecular formula is C13H17NO7. The first-order valence-electron chi connectivity index (χ1n) is 6.21. The zero-order chi connectivity index (χ0) is 16.2. The second-order valence-electron chi connectivity index (χ2n) is 4.38. The fourth-order valence-corrected chi connectivity index (χ4v) is 2.00. The lowest BCUT2D eigenvalue weighted by Gasteiger charge is -2.25. The van der Waals surface area contributed by atoms with Crippen molar-refractivity contribution in [2.75, 3.05) is 6.54 Å². The van der Waals surface area contributed by atoms with Crippen LogP contribution in [0.1, 0.15) is 20.8 Å². The van der Waals surface area contributed by atoms with Gasteiger partial charge in [0.1, 0.15) is 0 Å². The van der Waals surface area contributed by atoms with E-state index < -0.39 is 42.3 Å². The van der Waals surface area contributed by atoms with Crippen molar-refractivity contribution in [3.05, 3.63) is 12.7 Å². The van der Waals surface area contributed by atoms with Crippen molar-refractivity contribution in [2.45, 2.75) is 39.2 Å². The Kier molecular flexibility index (Phi) is 5.45. The SMILES string of the molecule is C=CCN1C(=O)[C@H](OC(C)=O)[C@@H](OC(C)=O)C1OC(C)=O. The zero-order valence-electron chi connectivity index (χ0n) is 12.0. The number of amides is 1. The minimum absolute atomic E-state index is 0.0479. The highest BCUT2D eigenvalue weighted by Gasteiger charge is 2.54. The Morgan fingerprint density at radius 2 is 1.62 bits per heavy atom. The average molecular weight is 299 g/mol. The van der Waals surface area contributed by atoms with Gasteiger partial charge in [-0.2, -0.15) is 0 Å². The van der Waals surface area contributed by atoms with E-state index in [9.17, 15) is 19.2 Å². The molecule has 8 nitrogen and oxygen atoms in total. The number of esters is 3. The average Bonchev–Trinajstić information content (AvgIpc) is 2.55. The van der Waals surface area contributed by atoms with Gasteiger partial charge in [-0.25, -0.2) is 0 Å². The van der Waals surface area contributed by atoms with Crippen molar-refractivity contribution >= 4 is 23.8 Å². The van der Waals surface area contributed by atoms with Crippen molar-refractivity contribution in [3.8, 4) is 0 Å². The van der Waals surface area contributed by atoms with E-state index in [-0.39, 0.29) is 6.54 Å². The molecule has 8 heteroatoms. The molecule has 0 saturated carbocycles. The van der Waals surface area contributed by atoms with Crippen LogP contribution in [0, 0.1) is 0 Å². The lowest BCUT2D eigenvalue weighted by atomic mass is 10.2. The van der Waals surface area contributed by atoms with E-state index in [1.165, 1.54) is 6.08 Å². The molecule has 21 heavy (non-hydrogen) atoms. The van der Waals surface area contributed by atoms with Gasteiger partial charge >= 0.3 is 17.9 Å². The summed E-state index contributed by atoms with van der Waals surface area (Å²) in [5.41, 5.74) is 0. The van der Waals surface area contributed by atoms with Crippen LogP contribution < -0.4 is 0 Å². The molecule has 0 bridgehead atoms. The highest BCUT2D eigenvalue weighted by atomic mass is 16.6. The monoisotopic (exact) mass is 299 g/mol. The molecule has 0 aromatic heterocycles. The van der Waals surface area contributed by atoms with Gasteiger partial charge in [-0.3, -0.25) is 24.1 Å². The smallest absolute Gasteiger partial charge is 0.304 e. The Morgan fingerprint density at radius 1 is 1.10 bits per heavy atom. The standard InChI is InChI=1S/C13H17NO7/c1-5-6-14-12(18)10(19-7(2)15)11(20-8(3)16)13(14)21-9(4)17/h5,10-11,13H,1,6H2,2-4H3/t10-,11-,13?/m1/s1. The number of carbonyl (C=O) groups excluding carboxylic acids is 4. The van der Waals surface area contributed by atoms with Gasteiger partial charge in [0.2, 0.25) is 18.4 Å². The van der Waals surface area contributed by atoms with E-state index in [4.69, 9.17) is 14.2 Å². The Morgan fingerprint density at radius 3 is 2.05 bits per heavy atom. The first-order chi connectivity index (χ1) is 9.77. The van der Waals surface area contributed by atoms with Gasteiger partial charge in [-0.05, 0) is 0 Å². The summed E-state index contributed by atoms with van der Waals surface area (Å²) < 4.78 is 14.9. The van der Waals surface area contributed by atoms with Crippen molar-refractivity contribution in [2.24, 2.45) is 0 Å². The predicted octanol–water partition coefficient (Wildman–Crippen LogP) is -0.233. The molecule has 1 heterocycles. The van der Waals surface area contributed by atoms with E-state index in [1.54, 1.807) is 0 Å². The molecule has 0 aromatic rings. The lowest BCUT2D eigenvalue weighted by molar-refractivity contribution is -0.179. The summed E-state index contributed by atoms with van der Waals surface area (Å²) in [6.45, 7) is 6.95. The molecule has 1 aliphatic heterocycles. The molecule has 1 rings (SSSR count). The van der Waals surface area contributed by atoms with Gasteiger partial charge in [0, 0.05) is 27.3 Å². The molecule has 0 aliphatic carbocycles. The van der Waals surface area contributed by atoms with E-state index >= 15 is 0 Å². The zero-order valence-corrected chi connectivity index (χ0v) is 12.0. The number of hydrogen-bond acceptors (Lipinski definition) is 7. The molecule has 1 saturated heterocycles. The molecule has 1 amide bonds. The van der Waals surface area contributed by atoms with Gasteiger partial charge in [0.25, 0.3) is 5.91 Å². The van der Waals surface area contributed by atoms with Crippen LogP contribution in [0.3, 0.4) is 0 Å². The normalized spacial score (nSPS) is 24.4. The Bertz CT molecular complexity index is 473. The minimum Gasteiger partial charge on any atom is -0.452 e. The largest absolute Gasteiger partial charge is 0.452 e. The molecule has 0 spiro atoms. The summed E-state index contributed by atoms with van der Waals surface area (Å²) in [5.74, 6) is -2.69. The van der Waals surface area contributed by atoms with Gasteiger partial charge in [0.15, 0.2) is 0 Å². The number of likely N-dealkylation sites (tertiary alicyclic amines) is 1. The molecule has 0 N–H and O–H groups in total. The van der Waals surface area contributed by atoms with E-state index in [0.717, 1.165) is 25.7 Å². The summed E-state index contributed by atoms with van der Waals surface area (Å²) in [5, 5.41) is 0. The Hall–Kier alpha value is -2.38. The third kappa shape index (κ3) is 4.04. The first kappa shape index (κ1) is 16.7. The fraction of sp³-hybridized carbons (Fsp3) is 0.538. The Labute approximate surface area is 121 Å². The number of ether oxygens (including phenoxy) is 3. The topological polar surface area (TPSA) is 99.2 Å². The highest BCUT2D eigenvalue weighted by Crippen LogP contribution is 2.26. The second kappa shape index (κ2) is 6.87. The van der Waals surface area contributed by atoms with Gasteiger partial charge in [-0.1, -0.05) is 6.08 Å². The number of nitrogens with zero attached hydrogens (tertiary/aromatic N) is 1. The first-order valence-corrected chi connectivity index (χ1v) is 6.21. The number of hydrogen-bond donors (Lipinski definition) is 0. The van der Waals surface area contributed by atoms with Crippen LogP contribution in [0.25, 0.3) is 0 Å². The van der Waals surface area contributed by atoms with Crippen LogP contribution in [0.4, 0.5) is 0 Å². The van der Waals surface area contributed by atoms with Crippen LogP contribution in [-0.4, -0.2) is 53.7 Å². The second-order valence-corrected chi connectivity index (χ2v) is 4.38. The molecule has 0 radical (unpaired) electrons. The maximum absolute atomic E-state index is 12.2. The Balaban J connectivity index is 3.13. The molecule has 0 aromatic carbocycles. The molecule has 116 valence electrons. The number of rotatable bonds is 5. The van der Waals surface area contributed by atoms with Gasteiger partial charge in [-0.15, -0.1) is 6.58 Å². The van der Waals surface area contributed by atoms with Crippen LogP contribution in [0.5, 0.6) is 0 Å². The molecule has 1 aliphatic rings. The van der Waals surface area contributed by atoms with Crippen LogP contribution in [0.15, 0.2) is 12.7 Å².